The van der Waals surface area contributed by atoms with Crippen molar-refractivity contribution in [2.45, 2.75) is 38.5 Å². The molecule has 0 atom stereocenters. The van der Waals surface area contributed by atoms with E-state index in [9.17, 15) is 9.90 Å². The second-order valence-corrected chi connectivity index (χ2v) is 4.55. The summed E-state index contributed by atoms with van der Waals surface area (Å²) in [5.41, 5.74) is 3.51. The number of aromatic hydroxyl groups is 1. The number of fused-ring (bicyclic) bond motifs is 1. The molecule has 0 saturated heterocycles. The summed E-state index contributed by atoms with van der Waals surface area (Å²) in [6.07, 6.45) is 4.23. The molecule has 0 spiro atoms. The average Bonchev–Trinajstić information content (AvgIpc) is 2.28. The summed E-state index contributed by atoms with van der Waals surface area (Å²) in [5.74, 6) is 0.260. The molecule has 0 saturated carbocycles. The van der Waals surface area contributed by atoms with Crippen LogP contribution in [0.15, 0.2) is 6.07 Å². The molecule has 0 fully saturated rings. The van der Waals surface area contributed by atoms with E-state index in [4.69, 9.17) is 11.6 Å². The summed E-state index contributed by atoms with van der Waals surface area (Å²) in [5, 5.41) is 10.0. The van der Waals surface area contributed by atoms with E-state index in [0.29, 0.717) is 5.56 Å². The van der Waals surface area contributed by atoms with Gasteiger partial charge in [0, 0.05) is 5.56 Å². The van der Waals surface area contributed by atoms with Gasteiger partial charge in [-0.1, -0.05) is 0 Å². The SMILES string of the molecule is CC(=O)c1cc2c(c(CCl)c1O)CCCC2. The molecule has 1 aliphatic carbocycles. The zero-order valence-electron chi connectivity index (χ0n) is 9.35. The Bertz CT molecular complexity index is 438. The van der Waals surface area contributed by atoms with E-state index in [1.807, 2.05) is 6.07 Å². The second-order valence-electron chi connectivity index (χ2n) is 4.29. The number of benzene rings is 1. The predicted molar refractivity (Wildman–Crippen MR) is 64.3 cm³/mol. The lowest BCUT2D eigenvalue weighted by molar-refractivity contribution is 0.101. The number of carbonyl (C=O) groups excluding carboxylic acids is 1. The Labute approximate surface area is 100 Å². The van der Waals surface area contributed by atoms with Crippen LogP contribution in [0.1, 0.15) is 46.8 Å². The first-order valence-corrected chi connectivity index (χ1v) is 6.12. The molecule has 0 bridgehead atoms. The number of Topliss-reactive ketones (excluding diaryl/α,β-unsaturated/α-hetero) is 1. The summed E-state index contributed by atoms with van der Waals surface area (Å²) >= 11 is 5.87. The highest BCUT2D eigenvalue weighted by molar-refractivity contribution is 6.17. The summed E-state index contributed by atoms with van der Waals surface area (Å²) in [7, 11) is 0. The van der Waals surface area contributed by atoms with E-state index in [2.05, 4.69) is 0 Å². The molecule has 0 unspecified atom stereocenters. The summed E-state index contributed by atoms with van der Waals surface area (Å²) < 4.78 is 0. The Kier molecular flexibility index (Phi) is 3.20. The van der Waals surface area contributed by atoms with Crippen LogP contribution in [0.3, 0.4) is 0 Å². The van der Waals surface area contributed by atoms with E-state index in [0.717, 1.165) is 36.8 Å². The highest BCUT2D eigenvalue weighted by atomic mass is 35.5. The monoisotopic (exact) mass is 238 g/mol. The topological polar surface area (TPSA) is 37.3 Å². The fourth-order valence-corrected chi connectivity index (χ4v) is 2.68. The number of halogens is 1. The Morgan fingerprint density at radius 1 is 1.44 bits per heavy atom. The van der Waals surface area contributed by atoms with Gasteiger partial charge in [-0.15, -0.1) is 11.6 Å². The van der Waals surface area contributed by atoms with Crippen LogP contribution in [0.4, 0.5) is 0 Å². The van der Waals surface area contributed by atoms with Crippen molar-refractivity contribution >= 4 is 17.4 Å². The van der Waals surface area contributed by atoms with Crippen LogP contribution in [0, 0.1) is 0 Å². The summed E-state index contributed by atoms with van der Waals surface area (Å²) in [4.78, 5) is 11.4. The quantitative estimate of drug-likeness (QED) is 0.635. The molecule has 3 heteroatoms. The average molecular weight is 239 g/mol. The Hall–Kier alpha value is -1.02. The van der Waals surface area contributed by atoms with Crippen LogP contribution in [-0.4, -0.2) is 10.9 Å². The van der Waals surface area contributed by atoms with Crippen molar-refractivity contribution in [1.29, 1.82) is 0 Å². The minimum atomic E-state index is -0.0998. The fourth-order valence-electron chi connectivity index (χ4n) is 2.39. The first-order valence-electron chi connectivity index (χ1n) is 5.58. The molecule has 2 rings (SSSR count). The van der Waals surface area contributed by atoms with Crippen LogP contribution in [0.2, 0.25) is 0 Å². The standard InChI is InChI=1S/C13H15ClO2/c1-8(15)11-6-9-4-2-3-5-10(9)12(7-14)13(11)16/h6,16H,2-5,7H2,1H3. The van der Waals surface area contributed by atoms with Gasteiger partial charge in [0.05, 0.1) is 11.4 Å². The molecule has 1 N–H and O–H groups in total. The van der Waals surface area contributed by atoms with Crippen LogP contribution >= 0.6 is 11.6 Å². The number of carbonyl (C=O) groups is 1. The number of ketones is 1. The summed E-state index contributed by atoms with van der Waals surface area (Å²) in [6, 6.07) is 1.84. The molecule has 1 aromatic carbocycles. The zero-order chi connectivity index (χ0) is 11.7. The Morgan fingerprint density at radius 3 is 2.75 bits per heavy atom. The van der Waals surface area contributed by atoms with E-state index < -0.39 is 0 Å². The third-order valence-electron chi connectivity index (χ3n) is 3.25. The number of hydrogen-bond donors (Lipinski definition) is 1. The molecule has 0 radical (unpaired) electrons. The molecular weight excluding hydrogens is 224 g/mol. The number of phenolic OH excluding ortho intramolecular Hbond substituents is 1. The number of alkyl halides is 1. The lowest BCUT2D eigenvalue weighted by Crippen LogP contribution is -2.09. The van der Waals surface area contributed by atoms with Gasteiger partial charge in [-0.2, -0.15) is 0 Å². The van der Waals surface area contributed by atoms with Gasteiger partial charge in [-0.25, -0.2) is 0 Å². The second kappa shape index (κ2) is 4.46. The molecular formula is C13H15ClO2. The van der Waals surface area contributed by atoms with E-state index in [-0.39, 0.29) is 17.4 Å². The van der Waals surface area contributed by atoms with Crippen molar-refractivity contribution in [2.75, 3.05) is 0 Å². The van der Waals surface area contributed by atoms with Crippen molar-refractivity contribution in [2.24, 2.45) is 0 Å². The minimum absolute atomic E-state index is 0.0863. The van der Waals surface area contributed by atoms with Gasteiger partial charge in [-0.05, 0) is 49.8 Å². The highest BCUT2D eigenvalue weighted by Crippen LogP contribution is 2.34. The highest BCUT2D eigenvalue weighted by Gasteiger charge is 2.20. The molecule has 86 valence electrons. The molecule has 16 heavy (non-hydrogen) atoms. The molecule has 1 aliphatic rings. The molecule has 0 heterocycles. The van der Waals surface area contributed by atoms with Crippen molar-refractivity contribution < 1.29 is 9.90 Å². The normalized spacial score (nSPS) is 14.6. The third kappa shape index (κ3) is 1.82. The van der Waals surface area contributed by atoms with Gasteiger partial charge in [0.15, 0.2) is 5.78 Å². The van der Waals surface area contributed by atoms with E-state index in [1.165, 1.54) is 12.5 Å². The van der Waals surface area contributed by atoms with Crippen LogP contribution < -0.4 is 0 Å². The van der Waals surface area contributed by atoms with E-state index >= 15 is 0 Å². The Morgan fingerprint density at radius 2 is 2.12 bits per heavy atom. The van der Waals surface area contributed by atoms with Crippen LogP contribution in [0.25, 0.3) is 0 Å². The van der Waals surface area contributed by atoms with Crippen molar-refractivity contribution in [1.82, 2.24) is 0 Å². The number of hydrogen-bond acceptors (Lipinski definition) is 2. The van der Waals surface area contributed by atoms with Gasteiger partial charge in [0.25, 0.3) is 0 Å². The van der Waals surface area contributed by atoms with Gasteiger partial charge >= 0.3 is 0 Å². The number of rotatable bonds is 2. The first-order chi connectivity index (χ1) is 7.65. The van der Waals surface area contributed by atoms with Gasteiger partial charge in [0.1, 0.15) is 5.75 Å². The van der Waals surface area contributed by atoms with Crippen molar-refractivity contribution in [3.8, 4) is 5.75 Å². The molecule has 0 aromatic heterocycles. The maximum atomic E-state index is 11.4. The van der Waals surface area contributed by atoms with Crippen LogP contribution in [-0.2, 0) is 18.7 Å². The maximum Gasteiger partial charge on any atom is 0.163 e. The minimum Gasteiger partial charge on any atom is -0.507 e. The smallest absolute Gasteiger partial charge is 0.163 e. The van der Waals surface area contributed by atoms with E-state index in [1.54, 1.807) is 0 Å². The fraction of sp³-hybridized carbons (Fsp3) is 0.462. The predicted octanol–water partition coefficient (Wildman–Crippen LogP) is 3.21. The van der Waals surface area contributed by atoms with Gasteiger partial charge in [-0.3, -0.25) is 4.79 Å². The molecule has 0 amide bonds. The molecule has 2 nitrogen and oxygen atoms in total. The maximum absolute atomic E-state index is 11.4. The third-order valence-corrected chi connectivity index (χ3v) is 3.51. The number of aryl methyl sites for hydroxylation is 1. The van der Waals surface area contributed by atoms with Crippen molar-refractivity contribution in [3.05, 3.63) is 28.3 Å². The number of phenols is 1. The lowest BCUT2D eigenvalue weighted by atomic mass is 9.86. The van der Waals surface area contributed by atoms with Gasteiger partial charge < -0.3 is 5.11 Å². The largest absolute Gasteiger partial charge is 0.507 e. The van der Waals surface area contributed by atoms with Crippen molar-refractivity contribution in [3.63, 3.8) is 0 Å². The first kappa shape index (κ1) is 11.5. The Balaban J connectivity index is 2.64. The zero-order valence-corrected chi connectivity index (χ0v) is 10.1. The molecule has 0 aliphatic heterocycles. The summed E-state index contributed by atoms with van der Waals surface area (Å²) in [6.45, 7) is 1.47. The van der Waals surface area contributed by atoms with Crippen LogP contribution in [0.5, 0.6) is 5.75 Å². The van der Waals surface area contributed by atoms with Gasteiger partial charge in [0.2, 0.25) is 0 Å². The molecule has 1 aromatic rings. The lowest BCUT2D eigenvalue weighted by Gasteiger charge is -2.21.